The Morgan fingerprint density at radius 1 is 1.21 bits per heavy atom. The molecule has 0 amide bonds. The Morgan fingerprint density at radius 3 is 2.86 bits per heavy atom. The summed E-state index contributed by atoms with van der Waals surface area (Å²) in [4.78, 5) is 10.2. The van der Waals surface area contributed by atoms with Gasteiger partial charge >= 0.3 is 0 Å². The molecule has 1 aliphatic rings. The van der Waals surface area contributed by atoms with Gasteiger partial charge in [0.2, 0.25) is 0 Å². The van der Waals surface area contributed by atoms with Gasteiger partial charge < -0.3 is 9.64 Å². The van der Waals surface area contributed by atoms with Crippen LogP contribution in [0.2, 0.25) is 0 Å². The molecule has 0 aliphatic carbocycles. The maximum Gasteiger partial charge on any atom is 0.187 e. The van der Waals surface area contributed by atoms with E-state index in [9.17, 15) is 0 Å². The van der Waals surface area contributed by atoms with E-state index in [1.807, 2.05) is 47.1 Å². The molecule has 0 atom stereocenters. The van der Waals surface area contributed by atoms with Crippen molar-refractivity contribution in [1.82, 2.24) is 19.7 Å². The predicted octanol–water partition coefficient (Wildman–Crippen LogP) is 3.80. The summed E-state index contributed by atoms with van der Waals surface area (Å²) in [6.45, 7) is 2.16. The fourth-order valence-electron chi connectivity index (χ4n) is 3.78. The predicted molar refractivity (Wildman–Crippen MR) is 110 cm³/mol. The molecule has 1 aliphatic heterocycles. The molecular formula is C22H26FN5O. The van der Waals surface area contributed by atoms with Gasteiger partial charge in [-0.15, -0.1) is 0 Å². The van der Waals surface area contributed by atoms with Crippen LogP contribution >= 0.6 is 0 Å². The number of benzene rings is 1. The average molecular weight is 395 g/mol. The zero-order chi connectivity index (χ0) is 20.1. The van der Waals surface area contributed by atoms with Crippen molar-refractivity contribution in [2.24, 2.45) is 5.92 Å². The lowest BCUT2D eigenvalue weighted by Gasteiger charge is -2.22. The molecular weight excluding hydrogens is 369 g/mol. The quantitative estimate of drug-likeness (QED) is 0.609. The molecule has 4 rings (SSSR count). The van der Waals surface area contributed by atoms with Gasteiger partial charge in [-0.05, 0) is 55.4 Å². The lowest BCUT2D eigenvalue weighted by atomic mass is 9.94. The fraction of sp³-hybridized carbons (Fsp3) is 0.409. The number of ether oxygens (including phenoxy) is 1. The van der Waals surface area contributed by atoms with Crippen molar-refractivity contribution in [1.29, 1.82) is 0 Å². The lowest BCUT2D eigenvalue weighted by molar-refractivity contribution is 0.0639. The number of nitrogens with zero attached hydrogens (tertiary/aromatic N) is 5. The van der Waals surface area contributed by atoms with Gasteiger partial charge in [0.05, 0.1) is 11.4 Å². The van der Waals surface area contributed by atoms with Crippen LogP contribution in [-0.2, 0) is 17.7 Å². The molecule has 3 heterocycles. The van der Waals surface area contributed by atoms with E-state index in [1.54, 1.807) is 6.20 Å². The highest BCUT2D eigenvalue weighted by Crippen LogP contribution is 2.24. The number of hydrogen-bond donors (Lipinski definition) is 0. The summed E-state index contributed by atoms with van der Waals surface area (Å²) >= 11 is 0. The SMILES string of the molecule is CN(Cc1cccc(-n2cccn2)c1)c1ncnc(CCC2CCOCC2)c1F. The number of aromatic nitrogens is 4. The number of hydrogen-bond acceptors (Lipinski definition) is 5. The Kier molecular flexibility index (Phi) is 6.14. The van der Waals surface area contributed by atoms with Crippen molar-refractivity contribution < 1.29 is 9.13 Å². The van der Waals surface area contributed by atoms with Crippen LogP contribution < -0.4 is 4.90 Å². The minimum Gasteiger partial charge on any atom is -0.381 e. The minimum absolute atomic E-state index is 0.315. The minimum atomic E-state index is -0.315. The number of halogens is 1. The first-order valence-electron chi connectivity index (χ1n) is 10.1. The number of aryl methyl sites for hydroxylation is 1. The van der Waals surface area contributed by atoms with E-state index in [-0.39, 0.29) is 5.82 Å². The summed E-state index contributed by atoms with van der Waals surface area (Å²) in [6.07, 6.45) is 8.78. The van der Waals surface area contributed by atoms with Crippen LogP contribution in [0.15, 0.2) is 49.1 Å². The van der Waals surface area contributed by atoms with E-state index >= 15 is 4.39 Å². The molecule has 2 aromatic heterocycles. The van der Waals surface area contributed by atoms with Crippen molar-refractivity contribution in [2.75, 3.05) is 25.2 Å². The summed E-state index contributed by atoms with van der Waals surface area (Å²) in [5.41, 5.74) is 2.53. The fourth-order valence-corrected chi connectivity index (χ4v) is 3.78. The lowest BCUT2D eigenvalue weighted by Crippen LogP contribution is -2.21. The Balaban J connectivity index is 1.44. The highest BCUT2D eigenvalue weighted by molar-refractivity contribution is 5.43. The first kappa shape index (κ1) is 19.5. The normalized spacial score (nSPS) is 14.8. The summed E-state index contributed by atoms with van der Waals surface area (Å²) < 4.78 is 22.3. The molecule has 6 nitrogen and oxygen atoms in total. The Hall–Kier alpha value is -2.80. The molecule has 1 saturated heterocycles. The first-order chi connectivity index (χ1) is 14.2. The standard InChI is InChI=1S/C22H26FN5O/c1-27(15-18-4-2-5-19(14-18)28-11-3-10-26-28)22-21(23)20(24-16-25-22)7-6-17-8-12-29-13-9-17/h2-5,10-11,14,16-17H,6-9,12-13,15H2,1H3. The highest BCUT2D eigenvalue weighted by Gasteiger charge is 2.18. The molecule has 0 saturated carbocycles. The largest absolute Gasteiger partial charge is 0.381 e. The molecule has 1 aromatic carbocycles. The van der Waals surface area contributed by atoms with Crippen LogP contribution in [0.5, 0.6) is 0 Å². The van der Waals surface area contributed by atoms with E-state index in [0.29, 0.717) is 30.4 Å². The number of rotatable bonds is 7. The van der Waals surface area contributed by atoms with Gasteiger partial charge in [-0.25, -0.2) is 19.0 Å². The van der Waals surface area contributed by atoms with Crippen molar-refractivity contribution in [3.05, 3.63) is 66.1 Å². The Bertz CT molecular complexity index is 925. The van der Waals surface area contributed by atoms with Gasteiger partial charge in [0.1, 0.15) is 6.33 Å². The van der Waals surface area contributed by atoms with Gasteiger partial charge in [0.15, 0.2) is 11.6 Å². The third-order valence-electron chi connectivity index (χ3n) is 5.43. The number of anilines is 1. The summed E-state index contributed by atoms with van der Waals surface area (Å²) in [7, 11) is 1.86. The zero-order valence-electron chi connectivity index (χ0n) is 16.7. The second-order valence-corrected chi connectivity index (χ2v) is 7.53. The van der Waals surface area contributed by atoms with Crippen molar-refractivity contribution >= 4 is 5.82 Å². The third-order valence-corrected chi connectivity index (χ3v) is 5.43. The molecule has 0 spiro atoms. The van der Waals surface area contributed by atoms with Gasteiger partial charge in [0.25, 0.3) is 0 Å². The van der Waals surface area contributed by atoms with E-state index in [4.69, 9.17) is 4.74 Å². The molecule has 0 unspecified atom stereocenters. The summed E-state index contributed by atoms with van der Waals surface area (Å²) in [5, 5.41) is 4.26. The zero-order valence-corrected chi connectivity index (χ0v) is 16.7. The van der Waals surface area contributed by atoms with Crippen LogP contribution in [0, 0.1) is 11.7 Å². The van der Waals surface area contributed by atoms with Crippen LogP contribution in [0.3, 0.4) is 0 Å². The van der Waals surface area contributed by atoms with E-state index in [0.717, 1.165) is 43.7 Å². The summed E-state index contributed by atoms with van der Waals surface area (Å²) in [5.74, 6) is 0.612. The van der Waals surface area contributed by atoms with Crippen LogP contribution in [0.1, 0.15) is 30.5 Å². The van der Waals surface area contributed by atoms with Gasteiger partial charge in [-0.2, -0.15) is 5.10 Å². The van der Waals surface area contributed by atoms with Gasteiger partial charge in [-0.3, -0.25) is 0 Å². The second kappa shape index (κ2) is 9.13. The average Bonchev–Trinajstić information content (AvgIpc) is 3.29. The van der Waals surface area contributed by atoms with Crippen LogP contribution in [0.25, 0.3) is 5.69 Å². The van der Waals surface area contributed by atoms with Crippen molar-refractivity contribution in [3.8, 4) is 5.69 Å². The molecule has 29 heavy (non-hydrogen) atoms. The molecule has 0 bridgehead atoms. The molecule has 0 N–H and O–H groups in total. The second-order valence-electron chi connectivity index (χ2n) is 7.53. The Morgan fingerprint density at radius 2 is 2.07 bits per heavy atom. The molecule has 1 fully saturated rings. The monoisotopic (exact) mass is 395 g/mol. The molecule has 152 valence electrons. The van der Waals surface area contributed by atoms with Crippen molar-refractivity contribution in [3.63, 3.8) is 0 Å². The topological polar surface area (TPSA) is 56.1 Å². The molecule has 3 aromatic rings. The highest BCUT2D eigenvalue weighted by atomic mass is 19.1. The maximum atomic E-state index is 15.1. The van der Waals surface area contributed by atoms with Gasteiger partial charge in [0, 0.05) is 39.2 Å². The van der Waals surface area contributed by atoms with Gasteiger partial charge in [-0.1, -0.05) is 12.1 Å². The van der Waals surface area contributed by atoms with E-state index in [2.05, 4.69) is 21.1 Å². The maximum absolute atomic E-state index is 15.1. The molecule has 0 radical (unpaired) electrons. The third kappa shape index (κ3) is 4.79. The van der Waals surface area contributed by atoms with Crippen molar-refractivity contribution in [2.45, 2.75) is 32.2 Å². The van der Waals surface area contributed by atoms with E-state index in [1.165, 1.54) is 6.33 Å². The van der Waals surface area contributed by atoms with E-state index < -0.39 is 0 Å². The smallest absolute Gasteiger partial charge is 0.187 e. The molecule has 7 heteroatoms. The Labute approximate surface area is 170 Å². The first-order valence-corrected chi connectivity index (χ1v) is 10.1. The summed E-state index contributed by atoms with van der Waals surface area (Å²) in [6, 6.07) is 9.94. The van der Waals surface area contributed by atoms with Crippen LogP contribution in [-0.4, -0.2) is 40.0 Å². The van der Waals surface area contributed by atoms with Crippen LogP contribution in [0.4, 0.5) is 10.2 Å².